The van der Waals surface area contributed by atoms with Crippen molar-refractivity contribution in [3.8, 4) is 11.5 Å². The smallest absolute Gasteiger partial charge is 0.227 e. The number of anilines is 1. The molecule has 1 aromatic rings. The van der Waals surface area contributed by atoms with Crippen LogP contribution in [0.3, 0.4) is 0 Å². The van der Waals surface area contributed by atoms with E-state index in [0.29, 0.717) is 11.5 Å². The molecular weight excluding hydrogens is 230 g/mol. The van der Waals surface area contributed by atoms with Gasteiger partial charge in [-0.1, -0.05) is 12.8 Å². The molecule has 0 radical (unpaired) electrons. The van der Waals surface area contributed by atoms with E-state index in [9.17, 15) is 4.79 Å². The average Bonchev–Trinajstić information content (AvgIpc) is 2.92. The van der Waals surface area contributed by atoms with Gasteiger partial charge in [-0.3, -0.25) is 4.79 Å². The fourth-order valence-corrected chi connectivity index (χ4v) is 2.35. The summed E-state index contributed by atoms with van der Waals surface area (Å²) in [6.07, 6.45) is 4.31. The molecule has 1 aliphatic carbocycles. The summed E-state index contributed by atoms with van der Waals surface area (Å²) < 4.78 is 10.4. The third kappa shape index (κ3) is 2.75. The first-order valence-electron chi connectivity index (χ1n) is 6.27. The topological polar surface area (TPSA) is 47.6 Å². The molecule has 2 rings (SSSR count). The van der Waals surface area contributed by atoms with Gasteiger partial charge in [-0.15, -0.1) is 0 Å². The Bertz CT molecular complexity index is 425. The highest BCUT2D eigenvalue weighted by molar-refractivity contribution is 5.93. The van der Waals surface area contributed by atoms with Crippen LogP contribution in [0.15, 0.2) is 18.2 Å². The molecule has 1 amide bonds. The van der Waals surface area contributed by atoms with Crippen LogP contribution in [0, 0.1) is 5.92 Å². The van der Waals surface area contributed by atoms with Crippen LogP contribution in [-0.2, 0) is 4.79 Å². The zero-order chi connectivity index (χ0) is 13.0. The van der Waals surface area contributed by atoms with E-state index in [1.165, 1.54) is 0 Å². The Labute approximate surface area is 107 Å². The number of carbonyl (C=O) groups excluding carboxylic acids is 1. The molecule has 0 bridgehead atoms. The summed E-state index contributed by atoms with van der Waals surface area (Å²) in [5, 5.41) is 2.94. The third-order valence-electron chi connectivity index (χ3n) is 3.38. The largest absolute Gasteiger partial charge is 0.493 e. The van der Waals surface area contributed by atoms with Crippen molar-refractivity contribution in [3.05, 3.63) is 18.2 Å². The van der Waals surface area contributed by atoms with Gasteiger partial charge in [-0.2, -0.15) is 0 Å². The maximum absolute atomic E-state index is 12.0. The van der Waals surface area contributed by atoms with Crippen molar-refractivity contribution in [1.29, 1.82) is 0 Å². The maximum Gasteiger partial charge on any atom is 0.227 e. The molecule has 0 spiro atoms. The third-order valence-corrected chi connectivity index (χ3v) is 3.38. The second-order valence-electron chi connectivity index (χ2n) is 4.54. The Morgan fingerprint density at radius 1 is 1.17 bits per heavy atom. The van der Waals surface area contributed by atoms with Gasteiger partial charge in [0.25, 0.3) is 0 Å². The van der Waals surface area contributed by atoms with Gasteiger partial charge in [0.2, 0.25) is 5.91 Å². The first-order chi connectivity index (χ1) is 8.74. The molecule has 0 aromatic heterocycles. The van der Waals surface area contributed by atoms with Crippen LogP contribution in [0.5, 0.6) is 11.5 Å². The molecule has 1 aliphatic rings. The lowest BCUT2D eigenvalue weighted by Crippen LogP contribution is -2.20. The van der Waals surface area contributed by atoms with E-state index in [4.69, 9.17) is 9.47 Å². The van der Waals surface area contributed by atoms with E-state index in [-0.39, 0.29) is 11.8 Å². The number of rotatable bonds is 4. The Hall–Kier alpha value is -1.71. The van der Waals surface area contributed by atoms with E-state index in [0.717, 1.165) is 31.4 Å². The average molecular weight is 249 g/mol. The molecule has 1 N–H and O–H groups in total. The van der Waals surface area contributed by atoms with Crippen LogP contribution in [-0.4, -0.2) is 20.1 Å². The number of hydrogen-bond acceptors (Lipinski definition) is 3. The summed E-state index contributed by atoms with van der Waals surface area (Å²) in [6, 6.07) is 5.41. The van der Waals surface area contributed by atoms with Crippen molar-refractivity contribution >= 4 is 11.6 Å². The lowest BCUT2D eigenvalue weighted by Gasteiger charge is -2.13. The molecule has 98 valence electrons. The molecule has 0 aliphatic heterocycles. The fraction of sp³-hybridized carbons (Fsp3) is 0.500. The van der Waals surface area contributed by atoms with Gasteiger partial charge in [0, 0.05) is 17.7 Å². The number of methoxy groups -OCH3 is 2. The molecule has 1 saturated carbocycles. The first kappa shape index (κ1) is 12.7. The highest BCUT2D eigenvalue weighted by Crippen LogP contribution is 2.31. The van der Waals surface area contributed by atoms with E-state index in [1.807, 2.05) is 6.07 Å². The van der Waals surface area contributed by atoms with Gasteiger partial charge in [-0.25, -0.2) is 0 Å². The minimum Gasteiger partial charge on any atom is -0.493 e. The van der Waals surface area contributed by atoms with Crippen molar-refractivity contribution in [1.82, 2.24) is 0 Å². The predicted octanol–water partition coefficient (Wildman–Crippen LogP) is 2.83. The summed E-state index contributed by atoms with van der Waals surface area (Å²) in [7, 11) is 3.18. The molecule has 0 saturated heterocycles. The molecular formula is C14H19NO3. The Morgan fingerprint density at radius 3 is 2.44 bits per heavy atom. The number of benzene rings is 1. The van der Waals surface area contributed by atoms with Crippen molar-refractivity contribution in [2.75, 3.05) is 19.5 Å². The van der Waals surface area contributed by atoms with Crippen LogP contribution in [0.2, 0.25) is 0 Å². The normalized spacial score (nSPS) is 15.4. The van der Waals surface area contributed by atoms with Crippen LogP contribution < -0.4 is 14.8 Å². The van der Waals surface area contributed by atoms with Crippen molar-refractivity contribution in [2.45, 2.75) is 25.7 Å². The quantitative estimate of drug-likeness (QED) is 0.892. The summed E-state index contributed by atoms with van der Waals surface area (Å²) in [5.74, 6) is 1.57. The maximum atomic E-state index is 12.0. The van der Waals surface area contributed by atoms with Gasteiger partial charge in [0.05, 0.1) is 14.2 Å². The van der Waals surface area contributed by atoms with E-state index >= 15 is 0 Å². The van der Waals surface area contributed by atoms with Crippen LogP contribution >= 0.6 is 0 Å². The number of hydrogen-bond donors (Lipinski definition) is 1. The Morgan fingerprint density at radius 2 is 1.83 bits per heavy atom. The minimum absolute atomic E-state index is 0.111. The number of amides is 1. The zero-order valence-electron chi connectivity index (χ0n) is 10.9. The molecule has 1 aromatic carbocycles. The monoisotopic (exact) mass is 249 g/mol. The van der Waals surface area contributed by atoms with Gasteiger partial charge in [0.15, 0.2) is 11.5 Å². The number of ether oxygens (including phenoxy) is 2. The van der Waals surface area contributed by atoms with Crippen molar-refractivity contribution in [2.24, 2.45) is 5.92 Å². The molecule has 4 nitrogen and oxygen atoms in total. The van der Waals surface area contributed by atoms with Crippen molar-refractivity contribution in [3.63, 3.8) is 0 Å². The number of carbonyl (C=O) groups is 1. The first-order valence-corrected chi connectivity index (χ1v) is 6.27. The molecule has 0 atom stereocenters. The molecule has 18 heavy (non-hydrogen) atoms. The molecule has 0 heterocycles. The van der Waals surface area contributed by atoms with Crippen LogP contribution in [0.1, 0.15) is 25.7 Å². The lowest BCUT2D eigenvalue weighted by molar-refractivity contribution is -0.119. The second kappa shape index (κ2) is 5.76. The summed E-state index contributed by atoms with van der Waals surface area (Å²) in [4.78, 5) is 12.0. The highest BCUT2D eigenvalue weighted by atomic mass is 16.5. The fourth-order valence-electron chi connectivity index (χ4n) is 2.35. The van der Waals surface area contributed by atoms with E-state index in [2.05, 4.69) is 5.32 Å². The molecule has 1 fully saturated rings. The molecule has 4 heteroatoms. The SMILES string of the molecule is COc1ccc(NC(=O)C2CCCC2)cc1OC. The van der Waals surface area contributed by atoms with E-state index < -0.39 is 0 Å². The van der Waals surface area contributed by atoms with Crippen LogP contribution in [0.4, 0.5) is 5.69 Å². The minimum atomic E-state index is 0.111. The summed E-state index contributed by atoms with van der Waals surface area (Å²) in [6.45, 7) is 0. The predicted molar refractivity (Wildman–Crippen MR) is 70.1 cm³/mol. The lowest BCUT2D eigenvalue weighted by atomic mass is 10.1. The summed E-state index contributed by atoms with van der Waals surface area (Å²) in [5.41, 5.74) is 0.754. The number of nitrogens with one attached hydrogen (secondary N) is 1. The zero-order valence-corrected chi connectivity index (χ0v) is 10.9. The molecule has 0 unspecified atom stereocenters. The van der Waals surface area contributed by atoms with Gasteiger partial charge < -0.3 is 14.8 Å². The van der Waals surface area contributed by atoms with Crippen molar-refractivity contribution < 1.29 is 14.3 Å². The summed E-state index contributed by atoms with van der Waals surface area (Å²) >= 11 is 0. The standard InChI is InChI=1S/C14H19NO3/c1-17-12-8-7-11(9-13(12)18-2)15-14(16)10-5-3-4-6-10/h7-10H,3-6H2,1-2H3,(H,15,16). The second-order valence-corrected chi connectivity index (χ2v) is 4.54. The van der Waals surface area contributed by atoms with Gasteiger partial charge in [0.1, 0.15) is 0 Å². The Kier molecular flexibility index (Phi) is 4.07. The Balaban J connectivity index is 2.06. The van der Waals surface area contributed by atoms with Gasteiger partial charge >= 0.3 is 0 Å². The van der Waals surface area contributed by atoms with Crippen LogP contribution in [0.25, 0.3) is 0 Å². The van der Waals surface area contributed by atoms with E-state index in [1.54, 1.807) is 26.4 Å². The highest BCUT2D eigenvalue weighted by Gasteiger charge is 2.22. The van der Waals surface area contributed by atoms with Gasteiger partial charge in [-0.05, 0) is 25.0 Å².